The number of nitrogens with zero attached hydrogens (tertiary/aromatic N) is 3. The molecule has 1 aliphatic rings. The minimum atomic E-state index is -1.14. The monoisotopic (exact) mass is 418 g/mol. The predicted molar refractivity (Wildman–Crippen MR) is 114 cm³/mol. The van der Waals surface area contributed by atoms with Gasteiger partial charge >= 0.3 is 5.97 Å². The molecule has 2 rings (SSSR count). The van der Waals surface area contributed by atoms with E-state index in [9.17, 15) is 19.5 Å². The number of carbonyl (C=O) groups excluding carboxylic acids is 2. The van der Waals surface area contributed by atoms with E-state index in [1.165, 1.54) is 9.80 Å². The fraction of sp³-hybridized carbons (Fsp3) is 0.500. The lowest BCUT2D eigenvalue weighted by Gasteiger charge is -2.34. The molecule has 0 aliphatic carbocycles. The summed E-state index contributed by atoms with van der Waals surface area (Å²) >= 11 is 0. The molecule has 164 valence electrons. The topological polar surface area (TPSA) is 168 Å². The van der Waals surface area contributed by atoms with Gasteiger partial charge in [0.2, 0.25) is 5.91 Å². The summed E-state index contributed by atoms with van der Waals surface area (Å²) in [4.78, 5) is 44.7. The van der Waals surface area contributed by atoms with Crippen LogP contribution in [0.25, 0.3) is 0 Å². The Bertz CT molecular complexity index is 779. The summed E-state index contributed by atoms with van der Waals surface area (Å²) < 4.78 is 0. The first kappa shape index (κ1) is 23.1. The van der Waals surface area contributed by atoms with Crippen LogP contribution in [-0.4, -0.2) is 65.0 Å². The fourth-order valence-corrected chi connectivity index (χ4v) is 3.61. The molecule has 1 heterocycles. The number of carboxylic acids is 1. The van der Waals surface area contributed by atoms with Crippen LogP contribution in [0.1, 0.15) is 32.6 Å². The van der Waals surface area contributed by atoms with E-state index in [-0.39, 0.29) is 24.8 Å². The molecule has 0 radical (unpaired) electrons. The Morgan fingerprint density at radius 3 is 2.50 bits per heavy atom. The highest BCUT2D eigenvalue weighted by atomic mass is 16.4. The number of likely N-dealkylation sites (tertiary alicyclic amines) is 1. The minimum Gasteiger partial charge on any atom is -0.480 e. The van der Waals surface area contributed by atoms with Crippen LogP contribution in [0, 0.1) is 0 Å². The molecular formula is C20H30N6O4. The standard InChI is InChI=1S/C20H30N6O4/c1-13(21)17(27)25-12-6-10-15(25)18(28)26(14-7-3-2-4-8-14)16(19(29)30)9-5-11-24-20(22)23/h2-4,7-8,13,15-16H,5-6,9-12,21H2,1H3,(H,29,30)(H4,22,23,24)/t13-,15-,16-/m0/s1. The minimum absolute atomic E-state index is 0.0751. The lowest BCUT2D eigenvalue weighted by Crippen LogP contribution is -2.55. The number of rotatable bonds is 9. The largest absolute Gasteiger partial charge is 0.480 e. The summed E-state index contributed by atoms with van der Waals surface area (Å²) in [6.07, 6.45) is 1.64. The zero-order valence-electron chi connectivity index (χ0n) is 17.1. The molecular weight excluding hydrogens is 388 g/mol. The smallest absolute Gasteiger partial charge is 0.326 e. The van der Waals surface area contributed by atoms with Crippen molar-refractivity contribution < 1.29 is 19.5 Å². The van der Waals surface area contributed by atoms with Crippen LogP contribution in [0.4, 0.5) is 5.69 Å². The molecule has 30 heavy (non-hydrogen) atoms. The number of amides is 2. The average molecular weight is 418 g/mol. The quantitative estimate of drug-likeness (QED) is 0.246. The lowest BCUT2D eigenvalue weighted by atomic mass is 10.0. The van der Waals surface area contributed by atoms with Gasteiger partial charge in [-0.15, -0.1) is 0 Å². The Balaban J connectivity index is 2.34. The van der Waals surface area contributed by atoms with Gasteiger partial charge in [-0.1, -0.05) is 18.2 Å². The fourth-order valence-electron chi connectivity index (χ4n) is 3.61. The summed E-state index contributed by atoms with van der Waals surface area (Å²) in [5.41, 5.74) is 16.8. The SMILES string of the molecule is C[C@H](N)C(=O)N1CCC[C@H]1C(=O)N(c1ccccc1)[C@@H](CCCN=C(N)N)C(=O)O. The molecule has 0 aromatic heterocycles. The molecule has 3 atom stereocenters. The highest BCUT2D eigenvalue weighted by Gasteiger charge is 2.41. The molecule has 1 aromatic rings. The van der Waals surface area contributed by atoms with Crippen molar-refractivity contribution in [2.45, 2.75) is 50.7 Å². The van der Waals surface area contributed by atoms with Crippen molar-refractivity contribution in [2.75, 3.05) is 18.0 Å². The molecule has 0 saturated carbocycles. The average Bonchev–Trinajstić information content (AvgIpc) is 3.19. The van der Waals surface area contributed by atoms with Crippen molar-refractivity contribution >= 4 is 29.4 Å². The van der Waals surface area contributed by atoms with Gasteiger partial charge in [0.05, 0.1) is 6.04 Å². The van der Waals surface area contributed by atoms with Crippen molar-refractivity contribution in [2.24, 2.45) is 22.2 Å². The number of para-hydroxylation sites is 1. The number of hydrogen-bond donors (Lipinski definition) is 4. The highest BCUT2D eigenvalue weighted by molar-refractivity contribution is 6.03. The Morgan fingerprint density at radius 1 is 1.27 bits per heavy atom. The molecule has 0 spiro atoms. The molecule has 1 aliphatic heterocycles. The number of benzene rings is 1. The lowest BCUT2D eigenvalue weighted by molar-refractivity contribution is -0.142. The third kappa shape index (κ3) is 5.69. The first-order valence-electron chi connectivity index (χ1n) is 9.96. The highest BCUT2D eigenvalue weighted by Crippen LogP contribution is 2.26. The summed E-state index contributed by atoms with van der Waals surface area (Å²) in [7, 11) is 0. The predicted octanol–water partition coefficient (Wildman–Crippen LogP) is -0.135. The van der Waals surface area contributed by atoms with E-state index in [1.807, 2.05) is 0 Å². The van der Waals surface area contributed by atoms with E-state index >= 15 is 0 Å². The van der Waals surface area contributed by atoms with Crippen LogP contribution < -0.4 is 22.1 Å². The van der Waals surface area contributed by atoms with E-state index in [4.69, 9.17) is 17.2 Å². The van der Waals surface area contributed by atoms with Gasteiger partial charge in [-0.25, -0.2) is 4.79 Å². The molecule has 10 nitrogen and oxygen atoms in total. The van der Waals surface area contributed by atoms with Crippen LogP contribution >= 0.6 is 0 Å². The van der Waals surface area contributed by atoms with Gasteiger partial charge in [0.1, 0.15) is 12.1 Å². The van der Waals surface area contributed by atoms with Gasteiger partial charge < -0.3 is 27.2 Å². The van der Waals surface area contributed by atoms with Crippen molar-refractivity contribution in [3.05, 3.63) is 30.3 Å². The van der Waals surface area contributed by atoms with E-state index in [2.05, 4.69) is 4.99 Å². The van der Waals surface area contributed by atoms with Crippen molar-refractivity contribution in [1.29, 1.82) is 0 Å². The number of carboxylic acid groups (broad SMARTS) is 1. The Hall–Kier alpha value is -3.14. The van der Waals surface area contributed by atoms with E-state index in [0.29, 0.717) is 31.5 Å². The maximum Gasteiger partial charge on any atom is 0.326 e. The number of aliphatic carboxylic acids is 1. The van der Waals surface area contributed by atoms with Gasteiger partial charge in [-0.2, -0.15) is 0 Å². The van der Waals surface area contributed by atoms with Crippen molar-refractivity contribution in [1.82, 2.24) is 4.90 Å². The molecule has 2 amide bonds. The second-order valence-corrected chi connectivity index (χ2v) is 7.32. The van der Waals surface area contributed by atoms with Crippen LogP contribution in [0.2, 0.25) is 0 Å². The van der Waals surface area contributed by atoms with Crippen LogP contribution in [0.5, 0.6) is 0 Å². The third-order valence-electron chi connectivity index (χ3n) is 5.01. The first-order chi connectivity index (χ1) is 14.2. The van der Waals surface area contributed by atoms with Gasteiger partial charge in [-0.3, -0.25) is 19.5 Å². The number of nitrogens with two attached hydrogens (primary N) is 3. The maximum atomic E-state index is 13.5. The summed E-state index contributed by atoms with van der Waals surface area (Å²) in [5, 5.41) is 9.89. The van der Waals surface area contributed by atoms with Crippen LogP contribution in [-0.2, 0) is 14.4 Å². The molecule has 10 heteroatoms. The number of aliphatic imine (C=N–C) groups is 1. The number of hydrogen-bond acceptors (Lipinski definition) is 5. The summed E-state index contributed by atoms with van der Waals surface area (Å²) in [5.74, 6) is -1.96. The molecule has 7 N–H and O–H groups in total. The van der Waals surface area contributed by atoms with Gasteiger partial charge in [0.15, 0.2) is 5.96 Å². The number of carbonyl (C=O) groups is 3. The van der Waals surface area contributed by atoms with Crippen molar-refractivity contribution in [3.63, 3.8) is 0 Å². The van der Waals surface area contributed by atoms with E-state index in [1.54, 1.807) is 37.3 Å². The summed E-state index contributed by atoms with van der Waals surface area (Å²) in [6.45, 7) is 2.24. The molecule has 0 unspecified atom stereocenters. The van der Waals surface area contributed by atoms with Gasteiger partial charge in [0.25, 0.3) is 5.91 Å². The second-order valence-electron chi connectivity index (χ2n) is 7.32. The third-order valence-corrected chi connectivity index (χ3v) is 5.01. The van der Waals surface area contributed by atoms with Crippen LogP contribution in [0.3, 0.4) is 0 Å². The van der Waals surface area contributed by atoms with Crippen molar-refractivity contribution in [3.8, 4) is 0 Å². The second kappa shape index (κ2) is 10.6. The van der Waals surface area contributed by atoms with Gasteiger partial charge in [0, 0.05) is 18.8 Å². The van der Waals surface area contributed by atoms with E-state index < -0.39 is 30.0 Å². The Labute approximate surface area is 175 Å². The molecule has 1 fully saturated rings. The zero-order valence-corrected chi connectivity index (χ0v) is 17.1. The van der Waals surface area contributed by atoms with Crippen LogP contribution in [0.15, 0.2) is 35.3 Å². The zero-order chi connectivity index (χ0) is 22.3. The Morgan fingerprint density at radius 2 is 1.93 bits per heavy atom. The molecule has 1 saturated heterocycles. The Kier molecular flexibility index (Phi) is 8.16. The number of anilines is 1. The normalized spacial score (nSPS) is 17.8. The van der Waals surface area contributed by atoms with E-state index in [0.717, 1.165) is 0 Å². The molecule has 1 aromatic carbocycles. The molecule has 0 bridgehead atoms. The summed E-state index contributed by atoms with van der Waals surface area (Å²) in [6, 6.07) is 5.99. The first-order valence-corrected chi connectivity index (χ1v) is 9.96. The maximum absolute atomic E-state index is 13.5. The number of guanidine groups is 1. The van der Waals surface area contributed by atoms with Gasteiger partial charge in [-0.05, 0) is 44.7 Å².